The number of para-hydroxylation sites is 1. The van der Waals surface area contributed by atoms with Gasteiger partial charge in [0.25, 0.3) is 5.91 Å². The molecule has 2 aliphatic heterocycles. The number of fused-ring (bicyclic) bond motifs is 1. The molecule has 2 fully saturated rings. The van der Waals surface area contributed by atoms with Crippen molar-refractivity contribution in [2.45, 2.75) is 25.5 Å². The van der Waals surface area contributed by atoms with Crippen LogP contribution in [0.3, 0.4) is 0 Å². The predicted molar refractivity (Wildman–Crippen MR) is 90.5 cm³/mol. The summed E-state index contributed by atoms with van der Waals surface area (Å²) in [5, 5.41) is 1.16. The van der Waals surface area contributed by atoms with E-state index in [1.807, 2.05) is 11.0 Å². The van der Waals surface area contributed by atoms with Gasteiger partial charge in [-0.3, -0.25) is 9.69 Å². The lowest BCUT2D eigenvalue weighted by Gasteiger charge is -2.35. The minimum Gasteiger partial charge on any atom is -0.368 e. The molecule has 4 rings (SSSR count). The number of rotatable bonds is 3. The van der Waals surface area contributed by atoms with Crippen molar-refractivity contribution in [2.24, 2.45) is 0 Å². The second kappa shape index (κ2) is 6.55. The largest absolute Gasteiger partial charge is 0.368 e. The van der Waals surface area contributed by atoms with Crippen molar-refractivity contribution >= 4 is 27.5 Å². The van der Waals surface area contributed by atoms with Crippen LogP contribution in [0.25, 0.3) is 10.2 Å². The molecule has 1 atom stereocenters. The monoisotopic (exact) mass is 331 g/mol. The second-order valence-electron chi connectivity index (χ2n) is 6.18. The van der Waals surface area contributed by atoms with Gasteiger partial charge in [-0.05, 0) is 25.0 Å². The molecule has 0 bridgehead atoms. The minimum absolute atomic E-state index is 0.183. The molecule has 2 aromatic rings. The van der Waals surface area contributed by atoms with Gasteiger partial charge in [0.15, 0.2) is 0 Å². The Kier molecular flexibility index (Phi) is 4.29. The van der Waals surface area contributed by atoms with Gasteiger partial charge in [-0.15, -0.1) is 11.3 Å². The molecule has 0 aliphatic carbocycles. The molecule has 0 spiro atoms. The summed E-state index contributed by atoms with van der Waals surface area (Å²) in [7, 11) is 0. The number of aromatic nitrogens is 1. The van der Waals surface area contributed by atoms with E-state index in [0.29, 0.717) is 0 Å². The number of nitrogens with zero attached hydrogens (tertiary/aromatic N) is 3. The smallest absolute Gasteiger partial charge is 0.251 e. The number of thiazole rings is 1. The highest BCUT2D eigenvalue weighted by Gasteiger charge is 2.30. The Labute approximate surface area is 139 Å². The summed E-state index contributed by atoms with van der Waals surface area (Å²) in [6.07, 6.45) is 1.70. The molecule has 2 saturated heterocycles. The van der Waals surface area contributed by atoms with Crippen molar-refractivity contribution in [1.82, 2.24) is 14.8 Å². The van der Waals surface area contributed by atoms with E-state index < -0.39 is 0 Å². The average molecular weight is 331 g/mol. The van der Waals surface area contributed by atoms with Crippen LogP contribution in [0, 0.1) is 0 Å². The summed E-state index contributed by atoms with van der Waals surface area (Å²) in [6, 6.07) is 8.27. The van der Waals surface area contributed by atoms with Crippen molar-refractivity contribution in [1.29, 1.82) is 0 Å². The van der Waals surface area contributed by atoms with Crippen LogP contribution in [0.15, 0.2) is 24.3 Å². The number of ether oxygens (including phenoxy) is 1. The molecular formula is C17H21N3O2S. The van der Waals surface area contributed by atoms with Crippen LogP contribution >= 0.6 is 11.3 Å². The van der Waals surface area contributed by atoms with E-state index in [1.165, 1.54) is 4.70 Å². The lowest BCUT2D eigenvalue weighted by Crippen LogP contribution is -2.51. The first-order valence-corrected chi connectivity index (χ1v) is 9.08. The predicted octanol–water partition coefficient (Wildman–Crippen LogP) is 2.12. The Morgan fingerprint density at radius 2 is 2.09 bits per heavy atom. The summed E-state index contributed by atoms with van der Waals surface area (Å²) < 4.78 is 6.76. The highest BCUT2D eigenvalue weighted by atomic mass is 32.1. The highest BCUT2D eigenvalue weighted by Crippen LogP contribution is 2.23. The van der Waals surface area contributed by atoms with E-state index in [4.69, 9.17) is 9.72 Å². The van der Waals surface area contributed by atoms with Gasteiger partial charge in [-0.25, -0.2) is 4.98 Å². The molecule has 1 unspecified atom stereocenters. The standard InChI is InChI=1S/C17H21N3O2S/c21-17(14-5-3-11-22-14)20-9-7-19(8-10-20)12-16-18-13-4-1-2-6-15(13)23-16/h1-2,4,6,14H,3,5,7-12H2. The quantitative estimate of drug-likeness (QED) is 0.864. The number of benzene rings is 1. The molecule has 1 aromatic heterocycles. The van der Waals surface area contributed by atoms with Gasteiger partial charge in [0, 0.05) is 32.8 Å². The fraction of sp³-hybridized carbons (Fsp3) is 0.529. The molecular weight excluding hydrogens is 310 g/mol. The van der Waals surface area contributed by atoms with Gasteiger partial charge >= 0.3 is 0 Å². The molecule has 0 saturated carbocycles. The second-order valence-corrected chi connectivity index (χ2v) is 7.29. The van der Waals surface area contributed by atoms with Crippen molar-refractivity contribution < 1.29 is 9.53 Å². The first-order valence-electron chi connectivity index (χ1n) is 8.27. The number of amides is 1. The van der Waals surface area contributed by atoms with Crippen molar-refractivity contribution in [3.8, 4) is 0 Å². The summed E-state index contributed by atoms with van der Waals surface area (Å²) in [5.41, 5.74) is 1.08. The number of hydrogen-bond donors (Lipinski definition) is 0. The molecule has 1 amide bonds. The van der Waals surface area contributed by atoms with Gasteiger partial charge in [0.1, 0.15) is 11.1 Å². The zero-order chi connectivity index (χ0) is 15.6. The minimum atomic E-state index is -0.189. The SMILES string of the molecule is O=C(C1CCCO1)N1CCN(Cc2nc3ccccc3s2)CC1. The molecule has 23 heavy (non-hydrogen) atoms. The van der Waals surface area contributed by atoms with Gasteiger partial charge in [0.2, 0.25) is 0 Å². The zero-order valence-corrected chi connectivity index (χ0v) is 13.9. The highest BCUT2D eigenvalue weighted by molar-refractivity contribution is 7.18. The first kappa shape index (κ1) is 15.1. The fourth-order valence-electron chi connectivity index (χ4n) is 3.28. The summed E-state index contributed by atoms with van der Waals surface area (Å²) >= 11 is 1.77. The number of hydrogen-bond acceptors (Lipinski definition) is 5. The van der Waals surface area contributed by atoms with E-state index in [1.54, 1.807) is 11.3 Å². The normalized spacial score (nSPS) is 22.8. The van der Waals surface area contributed by atoms with Crippen LogP contribution in [-0.4, -0.2) is 59.6 Å². The van der Waals surface area contributed by atoms with Gasteiger partial charge < -0.3 is 9.64 Å². The number of carbonyl (C=O) groups excluding carboxylic acids is 1. The molecule has 6 heteroatoms. The van der Waals surface area contributed by atoms with Gasteiger partial charge in [-0.2, -0.15) is 0 Å². The van der Waals surface area contributed by atoms with E-state index in [-0.39, 0.29) is 12.0 Å². The summed E-state index contributed by atoms with van der Waals surface area (Å²) in [5.74, 6) is 0.183. The Morgan fingerprint density at radius 1 is 1.26 bits per heavy atom. The molecule has 0 radical (unpaired) electrons. The lowest BCUT2D eigenvalue weighted by atomic mass is 10.2. The fourth-order valence-corrected chi connectivity index (χ4v) is 4.29. The topological polar surface area (TPSA) is 45.7 Å². The maximum absolute atomic E-state index is 12.4. The van der Waals surface area contributed by atoms with E-state index in [2.05, 4.69) is 23.1 Å². The number of piperazine rings is 1. The Morgan fingerprint density at radius 3 is 2.83 bits per heavy atom. The van der Waals surface area contributed by atoms with Crippen LogP contribution in [0.5, 0.6) is 0 Å². The van der Waals surface area contributed by atoms with Crippen molar-refractivity contribution in [3.05, 3.63) is 29.3 Å². The lowest BCUT2D eigenvalue weighted by molar-refractivity contribution is -0.142. The molecule has 3 heterocycles. The summed E-state index contributed by atoms with van der Waals surface area (Å²) in [6.45, 7) is 5.02. The van der Waals surface area contributed by atoms with Crippen LogP contribution in [-0.2, 0) is 16.1 Å². The Balaban J connectivity index is 1.33. The van der Waals surface area contributed by atoms with E-state index >= 15 is 0 Å². The third kappa shape index (κ3) is 3.24. The van der Waals surface area contributed by atoms with Gasteiger partial charge in [-0.1, -0.05) is 12.1 Å². The Hall–Kier alpha value is -1.50. The molecule has 0 N–H and O–H groups in total. The van der Waals surface area contributed by atoms with Crippen LogP contribution < -0.4 is 0 Å². The van der Waals surface area contributed by atoms with Crippen molar-refractivity contribution in [3.63, 3.8) is 0 Å². The van der Waals surface area contributed by atoms with E-state index in [9.17, 15) is 4.79 Å². The molecule has 2 aliphatic rings. The maximum Gasteiger partial charge on any atom is 0.251 e. The van der Waals surface area contributed by atoms with Crippen LogP contribution in [0.1, 0.15) is 17.8 Å². The zero-order valence-electron chi connectivity index (χ0n) is 13.1. The van der Waals surface area contributed by atoms with Crippen molar-refractivity contribution in [2.75, 3.05) is 32.8 Å². The third-order valence-corrected chi connectivity index (χ3v) is 5.61. The maximum atomic E-state index is 12.4. The van der Waals surface area contributed by atoms with Gasteiger partial charge in [0.05, 0.1) is 16.8 Å². The molecule has 1 aromatic carbocycles. The number of carbonyl (C=O) groups is 1. The molecule has 122 valence electrons. The van der Waals surface area contributed by atoms with Crippen LogP contribution in [0.2, 0.25) is 0 Å². The molecule has 5 nitrogen and oxygen atoms in total. The third-order valence-electron chi connectivity index (χ3n) is 4.59. The first-order chi connectivity index (χ1) is 11.3. The summed E-state index contributed by atoms with van der Waals surface area (Å²) in [4.78, 5) is 21.4. The Bertz CT molecular complexity index is 655. The average Bonchev–Trinajstić information content (AvgIpc) is 3.24. The van der Waals surface area contributed by atoms with Crippen LogP contribution in [0.4, 0.5) is 0 Å². The van der Waals surface area contributed by atoms with E-state index in [0.717, 1.165) is 62.7 Å².